The van der Waals surface area contributed by atoms with Gasteiger partial charge in [-0.2, -0.15) is 0 Å². The van der Waals surface area contributed by atoms with Crippen LogP contribution >= 0.6 is 0 Å². The van der Waals surface area contributed by atoms with Crippen molar-refractivity contribution in [2.75, 3.05) is 26.3 Å². The van der Waals surface area contributed by atoms with Gasteiger partial charge in [0.15, 0.2) is 0 Å². The Hall–Kier alpha value is -1.62. The summed E-state index contributed by atoms with van der Waals surface area (Å²) in [6.07, 6.45) is 2.99. The molecule has 0 saturated carbocycles. The molecule has 21 heavy (non-hydrogen) atoms. The zero-order chi connectivity index (χ0) is 15.1. The maximum atomic E-state index is 12.8. The van der Waals surface area contributed by atoms with E-state index < -0.39 is 0 Å². The molecule has 2 rings (SSSR count). The minimum absolute atomic E-state index is 0.140. The van der Waals surface area contributed by atoms with Gasteiger partial charge in [0.25, 0.3) is 0 Å². The molecule has 0 bridgehead atoms. The summed E-state index contributed by atoms with van der Waals surface area (Å²) in [5, 5.41) is 0. The summed E-state index contributed by atoms with van der Waals surface area (Å²) in [5.41, 5.74) is 0. The Morgan fingerprint density at radius 2 is 2.10 bits per heavy atom. The van der Waals surface area contributed by atoms with E-state index in [0.717, 1.165) is 25.8 Å². The van der Waals surface area contributed by atoms with Gasteiger partial charge < -0.3 is 9.47 Å². The van der Waals surface area contributed by atoms with Crippen molar-refractivity contribution < 1.29 is 18.7 Å². The Morgan fingerprint density at radius 1 is 1.33 bits per heavy atom. The number of benzene rings is 1. The Bertz CT molecular complexity index is 449. The van der Waals surface area contributed by atoms with E-state index in [1.807, 2.05) is 6.92 Å². The van der Waals surface area contributed by atoms with Crippen molar-refractivity contribution in [1.82, 2.24) is 4.90 Å². The molecule has 1 aromatic carbocycles. The zero-order valence-corrected chi connectivity index (χ0v) is 12.4. The molecule has 116 valence electrons. The van der Waals surface area contributed by atoms with Gasteiger partial charge in [0.05, 0.1) is 6.61 Å². The summed E-state index contributed by atoms with van der Waals surface area (Å²) in [6, 6.07) is 5.80. The maximum Gasteiger partial charge on any atom is 0.323 e. The lowest BCUT2D eigenvalue weighted by Crippen LogP contribution is -2.47. The highest BCUT2D eigenvalue weighted by Crippen LogP contribution is 2.18. The van der Waals surface area contributed by atoms with Crippen LogP contribution in [-0.4, -0.2) is 43.2 Å². The molecule has 0 amide bonds. The zero-order valence-electron chi connectivity index (χ0n) is 12.4. The molecule has 1 heterocycles. The summed E-state index contributed by atoms with van der Waals surface area (Å²) in [7, 11) is 0. The van der Waals surface area contributed by atoms with Crippen LogP contribution in [0.3, 0.4) is 0 Å². The molecule has 1 aliphatic heterocycles. The fraction of sp³-hybridized carbons (Fsp3) is 0.562. The standard InChI is InChI=1S/C16H22FNO3/c1-2-20-16(19)15-5-3-4-10-18(15)11-12-21-14-8-6-13(17)7-9-14/h6-9,15H,2-5,10-12H2,1H3. The van der Waals surface area contributed by atoms with Crippen LogP contribution in [0.4, 0.5) is 4.39 Å². The predicted octanol–water partition coefficient (Wildman–Crippen LogP) is 2.62. The number of carbonyl (C=O) groups excluding carboxylic acids is 1. The van der Waals surface area contributed by atoms with E-state index in [9.17, 15) is 9.18 Å². The monoisotopic (exact) mass is 295 g/mol. The summed E-state index contributed by atoms with van der Waals surface area (Å²) < 4.78 is 23.5. The topological polar surface area (TPSA) is 38.8 Å². The maximum absolute atomic E-state index is 12.8. The Morgan fingerprint density at radius 3 is 2.81 bits per heavy atom. The van der Waals surface area contributed by atoms with E-state index >= 15 is 0 Å². The average molecular weight is 295 g/mol. The normalized spacial score (nSPS) is 19.2. The second kappa shape index (κ2) is 7.98. The first-order valence-corrected chi connectivity index (χ1v) is 7.49. The average Bonchev–Trinajstić information content (AvgIpc) is 2.50. The highest BCUT2D eigenvalue weighted by molar-refractivity contribution is 5.75. The van der Waals surface area contributed by atoms with E-state index in [-0.39, 0.29) is 17.8 Å². The number of piperidine rings is 1. The third kappa shape index (κ3) is 4.70. The van der Waals surface area contributed by atoms with Crippen LogP contribution < -0.4 is 4.74 Å². The summed E-state index contributed by atoms with van der Waals surface area (Å²) >= 11 is 0. The molecule has 1 unspecified atom stereocenters. The Kier molecular flexibility index (Phi) is 5.99. The van der Waals surface area contributed by atoms with Gasteiger partial charge in [-0.3, -0.25) is 9.69 Å². The van der Waals surface area contributed by atoms with E-state index in [1.54, 1.807) is 12.1 Å². The minimum Gasteiger partial charge on any atom is -0.492 e. The molecule has 0 spiro atoms. The van der Waals surface area contributed by atoms with Gasteiger partial charge in [-0.1, -0.05) is 6.42 Å². The molecule has 0 radical (unpaired) electrons. The summed E-state index contributed by atoms with van der Waals surface area (Å²) in [4.78, 5) is 14.0. The molecule has 1 saturated heterocycles. The molecule has 1 atom stereocenters. The first-order valence-electron chi connectivity index (χ1n) is 7.49. The van der Waals surface area contributed by atoms with Gasteiger partial charge in [0.1, 0.15) is 24.2 Å². The van der Waals surface area contributed by atoms with Gasteiger partial charge in [0.2, 0.25) is 0 Å². The molecule has 5 heteroatoms. The quantitative estimate of drug-likeness (QED) is 0.756. The Balaban J connectivity index is 1.82. The van der Waals surface area contributed by atoms with Gasteiger partial charge in [-0.15, -0.1) is 0 Å². The second-order valence-electron chi connectivity index (χ2n) is 5.10. The third-order valence-corrected chi connectivity index (χ3v) is 3.63. The molecular weight excluding hydrogens is 273 g/mol. The van der Waals surface area contributed by atoms with Gasteiger partial charge >= 0.3 is 5.97 Å². The number of carbonyl (C=O) groups is 1. The summed E-state index contributed by atoms with van der Waals surface area (Å²) in [5.74, 6) is 0.223. The lowest BCUT2D eigenvalue weighted by Gasteiger charge is -2.33. The van der Waals surface area contributed by atoms with Crippen LogP contribution in [0.25, 0.3) is 0 Å². The van der Waals surface area contributed by atoms with Gasteiger partial charge in [-0.25, -0.2) is 4.39 Å². The fourth-order valence-electron chi connectivity index (χ4n) is 2.58. The molecular formula is C16H22FNO3. The number of likely N-dealkylation sites (tertiary alicyclic amines) is 1. The molecule has 4 nitrogen and oxygen atoms in total. The van der Waals surface area contributed by atoms with Crippen molar-refractivity contribution in [1.29, 1.82) is 0 Å². The number of halogens is 1. The van der Waals surface area contributed by atoms with Crippen LogP contribution in [0.5, 0.6) is 5.75 Å². The smallest absolute Gasteiger partial charge is 0.323 e. The van der Waals surface area contributed by atoms with Gasteiger partial charge in [-0.05, 0) is 50.6 Å². The van der Waals surface area contributed by atoms with E-state index in [1.165, 1.54) is 12.1 Å². The number of esters is 1. The fourth-order valence-corrected chi connectivity index (χ4v) is 2.58. The predicted molar refractivity (Wildman–Crippen MR) is 77.7 cm³/mol. The Labute approximate surface area is 124 Å². The van der Waals surface area contributed by atoms with E-state index in [4.69, 9.17) is 9.47 Å². The second-order valence-corrected chi connectivity index (χ2v) is 5.10. The first-order chi connectivity index (χ1) is 10.2. The lowest BCUT2D eigenvalue weighted by molar-refractivity contribution is -0.151. The van der Waals surface area contributed by atoms with Crippen molar-refractivity contribution in [3.63, 3.8) is 0 Å². The number of hydrogen-bond donors (Lipinski definition) is 0. The van der Waals surface area contributed by atoms with E-state index in [0.29, 0.717) is 25.5 Å². The summed E-state index contributed by atoms with van der Waals surface area (Å²) in [6.45, 7) is 4.26. The number of nitrogens with zero attached hydrogens (tertiary/aromatic N) is 1. The van der Waals surface area contributed by atoms with Crippen molar-refractivity contribution in [2.24, 2.45) is 0 Å². The number of ether oxygens (including phenoxy) is 2. The lowest BCUT2D eigenvalue weighted by atomic mass is 10.0. The molecule has 1 fully saturated rings. The molecule has 0 aromatic heterocycles. The van der Waals surface area contributed by atoms with Crippen LogP contribution in [-0.2, 0) is 9.53 Å². The van der Waals surface area contributed by atoms with E-state index in [2.05, 4.69) is 4.90 Å². The molecule has 0 aliphatic carbocycles. The van der Waals surface area contributed by atoms with Crippen LogP contribution in [0, 0.1) is 5.82 Å². The van der Waals surface area contributed by atoms with Crippen LogP contribution in [0.15, 0.2) is 24.3 Å². The highest BCUT2D eigenvalue weighted by Gasteiger charge is 2.29. The molecule has 1 aromatic rings. The van der Waals surface area contributed by atoms with Crippen LogP contribution in [0.1, 0.15) is 26.2 Å². The molecule has 1 aliphatic rings. The number of rotatable bonds is 6. The van der Waals surface area contributed by atoms with Crippen molar-refractivity contribution in [3.8, 4) is 5.75 Å². The van der Waals surface area contributed by atoms with Crippen molar-refractivity contribution in [3.05, 3.63) is 30.1 Å². The van der Waals surface area contributed by atoms with Crippen molar-refractivity contribution in [2.45, 2.75) is 32.2 Å². The first kappa shape index (κ1) is 15.8. The minimum atomic E-state index is -0.277. The van der Waals surface area contributed by atoms with Gasteiger partial charge in [0, 0.05) is 6.54 Å². The molecule has 0 N–H and O–H groups in total. The largest absolute Gasteiger partial charge is 0.492 e. The highest BCUT2D eigenvalue weighted by atomic mass is 19.1. The SMILES string of the molecule is CCOC(=O)C1CCCCN1CCOc1ccc(F)cc1. The third-order valence-electron chi connectivity index (χ3n) is 3.63. The number of hydrogen-bond acceptors (Lipinski definition) is 4. The van der Waals surface area contributed by atoms with Crippen LogP contribution in [0.2, 0.25) is 0 Å². The van der Waals surface area contributed by atoms with Crippen molar-refractivity contribution >= 4 is 5.97 Å².